The molecular formula is C13H19ClN2O3S. The largest absolute Gasteiger partial charge is 0.339 e. The molecule has 5 nitrogen and oxygen atoms in total. The summed E-state index contributed by atoms with van der Waals surface area (Å²) in [7, 11) is -2.97. The van der Waals surface area contributed by atoms with Crippen molar-refractivity contribution in [3.63, 3.8) is 0 Å². The Hall–Kier alpha value is -1.11. The molecule has 112 valence electrons. The maximum Gasteiger partial charge on any atom is 0.239 e. The van der Waals surface area contributed by atoms with Crippen LogP contribution in [0.2, 0.25) is 0 Å². The fraction of sp³-hybridized carbons (Fsp3) is 0.462. The van der Waals surface area contributed by atoms with Crippen LogP contribution in [-0.4, -0.2) is 49.9 Å². The number of rotatable bonds is 3. The van der Waals surface area contributed by atoms with Crippen LogP contribution in [0.5, 0.6) is 0 Å². The molecule has 1 aromatic rings. The van der Waals surface area contributed by atoms with Gasteiger partial charge in [0.2, 0.25) is 5.91 Å². The lowest BCUT2D eigenvalue weighted by Gasteiger charge is -2.29. The van der Waals surface area contributed by atoms with E-state index in [1.54, 1.807) is 4.90 Å². The number of benzene rings is 1. The number of hydrogen-bond acceptors (Lipinski definition) is 4. The average molecular weight is 319 g/mol. The monoisotopic (exact) mass is 318 g/mol. The van der Waals surface area contributed by atoms with Crippen LogP contribution >= 0.6 is 12.4 Å². The minimum Gasteiger partial charge on any atom is -0.339 e. The third kappa shape index (κ3) is 4.47. The van der Waals surface area contributed by atoms with Crippen LogP contribution in [0, 0.1) is 0 Å². The number of nitrogens with zero attached hydrogens (tertiary/aromatic N) is 1. The zero-order chi connectivity index (χ0) is 13.9. The number of nitrogens with two attached hydrogens (primary N) is 1. The molecule has 1 aromatic carbocycles. The van der Waals surface area contributed by atoms with Gasteiger partial charge in [-0.3, -0.25) is 4.79 Å². The normalized spacial score (nSPS) is 18.9. The van der Waals surface area contributed by atoms with Crippen molar-refractivity contribution < 1.29 is 13.2 Å². The summed E-state index contributed by atoms with van der Waals surface area (Å²) in [4.78, 5) is 13.7. The van der Waals surface area contributed by atoms with E-state index >= 15 is 0 Å². The highest BCUT2D eigenvalue weighted by molar-refractivity contribution is 7.91. The molecule has 0 aromatic heterocycles. The molecule has 0 saturated carbocycles. The van der Waals surface area contributed by atoms with Crippen molar-refractivity contribution in [3.8, 4) is 0 Å². The van der Waals surface area contributed by atoms with Crippen molar-refractivity contribution in [1.82, 2.24) is 4.90 Å². The minimum absolute atomic E-state index is 0. The van der Waals surface area contributed by atoms with Crippen LogP contribution in [0.3, 0.4) is 0 Å². The van der Waals surface area contributed by atoms with Crippen LogP contribution < -0.4 is 5.73 Å². The Morgan fingerprint density at radius 3 is 2.30 bits per heavy atom. The second kappa shape index (κ2) is 7.06. The van der Waals surface area contributed by atoms with Crippen LogP contribution in [-0.2, 0) is 21.1 Å². The van der Waals surface area contributed by atoms with E-state index in [-0.39, 0.29) is 42.9 Å². The van der Waals surface area contributed by atoms with Gasteiger partial charge in [-0.1, -0.05) is 30.3 Å². The summed E-state index contributed by atoms with van der Waals surface area (Å²) in [6.45, 7) is 0.507. The third-order valence-corrected chi connectivity index (χ3v) is 4.88. The van der Waals surface area contributed by atoms with Gasteiger partial charge >= 0.3 is 0 Å². The predicted octanol–water partition coefficient (Wildman–Crippen LogP) is 0.235. The first-order valence-corrected chi connectivity index (χ1v) is 8.09. The quantitative estimate of drug-likeness (QED) is 0.865. The molecule has 0 spiro atoms. The highest BCUT2D eigenvalue weighted by atomic mass is 35.5. The molecule has 1 heterocycles. The van der Waals surface area contributed by atoms with Crippen molar-refractivity contribution in [3.05, 3.63) is 35.9 Å². The van der Waals surface area contributed by atoms with E-state index in [9.17, 15) is 13.2 Å². The van der Waals surface area contributed by atoms with E-state index in [1.807, 2.05) is 30.3 Å². The predicted molar refractivity (Wildman–Crippen MR) is 80.6 cm³/mol. The Morgan fingerprint density at radius 1 is 1.20 bits per heavy atom. The van der Waals surface area contributed by atoms with Gasteiger partial charge < -0.3 is 10.6 Å². The Morgan fingerprint density at radius 2 is 1.75 bits per heavy atom. The van der Waals surface area contributed by atoms with E-state index < -0.39 is 15.9 Å². The average Bonchev–Trinajstić information content (AvgIpc) is 2.39. The zero-order valence-corrected chi connectivity index (χ0v) is 12.7. The number of halogens is 1. The molecule has 2 N–H and O–H groups in total. The molecule has 1 fully saturated rings. The maximum absolute atomic E-state index is 12.1. The maximum atomic E-state index is 12.1. The van der Waals surface area contributed by atoms with Gasteiger partial charge in [-0.2, -0.15) is 0 Å². The lowest BCUT2D eigenvalue weighted by atomic mass is 10.1. The summed E-state index contributed by atoms with van der Waals surface area (Å²) in [5, 5.41) is 0. The molecule has 0 aliphatic carbocycles. The van der Waals surface area contributed by atoms with Gasteiger partial charge in [0, 0.05) is 13.1 Å². The van der Waals surface area contributed by atoms with Gasteiger partial charge in [-0.25, -0.2) is 8.42 Å². The van der Waals surface area contributed by atoms with Gasteiger partial charge in [0.05, 0.1) is 17.5 Å². The molecule has 2 rings (SSSR count). The standard InChI is InChI=1S/C13H18N2O3S.ClH/c14-12(10-11-4-2-1-3-5-11)13(16)15-6-8-19(17,18)9-7-15;/h1-5,12H,6-10,14H2;1H. The van der Waals surface area contributed by atoms with Crippen molar-refractivity contribution >= 4 is 28.2 Å². The van der Waals surface area contributed by atoms with Crippen molar-refractivity contribution in [1.29, 1.82) is 0 Å². The first-order chi connectivity index (χ1) is 8.98. The molecule has 1 atom stereocenters. The molecule has 1 aliphatic rings. The van der Waals surface area contributed by atoms with E-state index in [0.29, 0.717) is 6.42 Å². The Bertz CT molecular complexity index is 534. The van der Waals surface area contributed by atoms with Gasteiger partial charge in [-0.05, 0) is 12.0 Å². The number of carbonyl (C=O) groups excluding carboxylic acids is 1. The molecule has 20 heavy (non-hydrogen) atoms. The molecule has 0 bridgehead atoms. The summed E-state index contributed by atoms with van der Waals surface area (Å²) < 4.78 is 22.6. The molecule has 1 amide bonds. The molecule has 7 heteroatoms. The van der Waals surface area contributed by atoms with Crippen LogP contribution in [0.4, 0.5) is 0 Å². The Labute approximate surface area is 125 Å². The van der Waals surface area contributed by atoms with Gasteiger partial charge in [0.25, 0.3) is 0 Å². The molecule has 1 unspecified atom stereocenters. The van der Waals surface area contributed by atoms with Gasteiger partial charge in [-0.15, -0.1) is 12.4 Å². The van der Waals surface area contributed by atoms with E-state index in [2.05, 4.69) is 0 Å². The fourth-order valence-electron chi connectivity index (χ4n) is 2.12. The number of sulfone groups is 1. The summed E-state index contributed by atoms with van der Waals surface area (Å²) in [6.07, 6.45) is 0.475. The van der Waals surface area contributed by atoms with Gasteiger partial charge in [0.15, 0.2) is 9.84 Å². The minimum atomic E-state index is -2.97. The van der Waals surface area contributed by atoms with Crippen LogP contribution in [0.25, 0.3) is 0 Å². The number of carbonyl (C=O) groups is 1. The Kier molecular flexibility index (Phi) is 5.98. The second-order valence-electron chi connectivity index (χ2n) is 4.77. The van der Waals surface area contributed by atoms with E-state index in [1.165, 1.54) is 0 Å². The van der Waals surface area contributed by atoms with Crippen LogP contribution in [0.15, 0.2) is 30.3 Å². The van der Waals surface area contributed by atoms with Crippen molar-refractivity contribution in [2.24, 2.45) is 5.73 Å². The number of amides is 1. The first kappa shape index (κ1) is 16.9. The molecule has 0 radical (unpaired) electrons. The van der Waals surface area contributed by atoms with E-state index in [4.69, 9.17) is 5.73 Å². The lowest BCUT2D eigenvalue weighted by Crippen LogP contribution is -2.50. The zero-order valence-electron chi connectivity index (χ0n) is 11.1. The lowest BCUT2D eigenvalue weighted by molar-refractivity contribution is -0.132. The highest BCUT2D eigenvalue weighted by Crippen LogP contribution is 2.08. The molecular weight excluding hydrogens is 300 g/mol. The Balaban J connectivity index is 0.00000200. The van der Waals surface area contributed by atoms with Crippen molar-refractivity contribution in [2.75, 3.05) is 24.6 Å². The van der Waals surface area contributed by atoms with E-state index in [0.717, 1.165) is 5.56 Å². The molecule has 1 saturated heterocycles. The summed E-state index contributed by atoms with van der Waals surface area (Å²) >= 11 is 0. The summed E-state index contributed by atoms with van der Waals surface area (Å²) in [6, 6.07) is 8.96. The molecule has 1 aliphatic heterocycles. The highest BCUT2D eigenvalue weighted by Gasteiger charge is 2.27. The first-order valence-electron chi connectivity index (χ1n) is 6.27. The topological polar surface area (TPSA) is 80.5 Å². The SMILES string of the molecule is Cl.NC(Cc1ccccc1)C(=O)N1CCS(=O)(=O)CC1. The fourth-order valence-corrected chi connectivity index (χ4v) is 3.32. The van der Waals surface area contributed by atoms with Crippen molar-refractivity contribution in [2.45, 2.75) is 12.5 Å². The van der Waals surface area contributed by atoms with Crippen LogP contribution in [0.1, 0.15) is 5.56 Å². The smallest absolute Gasteiger partial charge is 0.239 e. The third-order valence-electron chi connectivity index (χ3n) is 3.27. The number of hydrogen-bond donors (Lipinski definition) is 1. The van der Waals surface area contributed by atoms with Gasteiger partial charge in [0.1, 0.15) is 0 Å². The summed E-state index contributed by atoms with van der Waals surface area (Å²) in [5.74, 6) is -0.0908. The summed E-state index contributed by atoms with van der Waals surface area (Å²) in [5.41, 5.74) is 6.91. The second-order valence-corrected chi connectivity index (χ2v) is 7.08.